The molecule has 0 atom stereocenters. The van der Waals surface area contributed by atoms with Gasteiger partial charge in [-0.05, 0) is 37.0 Å². The van der Waals surface area contributed by atoms with Crippen molar-refractivity contribution in [3.8, 4) is 0 Å². The molecule has 0 saturated carbocycles. The summed E-state index contributed by atoms with van der Waals surface area (Å²) in [6, 6.07) is 8.18. The van der Waals surface area contributed by atoms with Crippen LogP contribution in [0.25, 0.3) is 11.2 Å². The van der Waals surface area contributed by atoms with Crippen molar-refractivity contribution in [1.82, 2.24) is 28.9 Å². The van der Waals surface area contributed by atoms with Gasteiger partial charge in [0.05, 0.1) is 11.1 Å². The van der Waals surface area contributed by atoms with Gasteiger partial charge in [0.25, 0.3) is 11.2 Å². The molecule has 0 amide bonds. The van der Waals surface area contributed by atoms with Crippen molar-refractivity contribution in [3.63, 3.8) is 0 Å². The lowest BCUT2D eigenvalue weighted by Gasteiger charge is -2.14. The normalized spacial score (nSPS) is 11.2. The van der Waals surface area contributed by atoms with Gasteiger partial charge >= 0.3 is 5.69 Å². The van der Waals surface area contributed by atoms with Crippen molar-refractivity contribution >= 4 is 16.9 Å². The third-order valence-corrected chi connectivity index (χ3v) is 5.70. The Morgan fingerprint density at radius 2 is 1.82 bits per heavy atom. The van der Waals surface area contributed by atoms with Gasteiger partial charge in [-0.3, -0.25) is 24.0 Å². The van der Waals surface area contributed by atoms with Crippen molar-refractivity contribution < 1.29 is 4.92 Å². The van der Waals surface area contributed by atoms with Gasteiger partial charge in [-0.25, -0.2) is 9.78 Å². The number of non-ortho nitro benzene ring substituents is 1. The highest BCUT2D eigenvalue weighted by Gasteiger charge is 2.21. The fourth-order valence-electron chi connectivity index (χ4n) is 4.12. The fourth-order valence-corrected chi connectivity index (χ4v) is 4.12. The van der Waals surface area contributed by atoms with Crippen molar-refractivity contribution in [2.45, 2.75) is 52.7 Å². The molecular weight excluding hydrogens is 438 g/mol. The molecule has 0 fully saturated rings. The summed E-state index contributed by atoms with van der Waals surface area (Å²) in [7, 11) is 0. The maximum absolute atomic E-state index is 13.4. The maximum Gasteiger partial charge on any atom is 0.332 e. The number of imidazole rings is 1. The lowest BCUT2D eigenvalue weighted by Crippen LogP contribution is -2.40. The van der Waals surface area contributed by atoms with Crippen molar-refractivity contribution in [1.29, 1.82) is 0 Å². The number of nitrogens with zero attached hydrogens (tertiary/aromatic N) is 7. The Morgan fingerprint density at radius 3 is 2.50 bits per heavy atom. The zero-order valence-electron chi connectivity index (χ0n) is 19.0. The number of benzene rings is 1. The van der Waals surface area contributed by atoms with E-state index in [9.17, 15) is 19.7 Å². The number of nitro groups is 1. The molecule has 3 aromatic heterocycles. The lowest BCUT2D eigenvalue weighted by atomic mass is 10.1. The molecule has 11 nitrogen and oxygen atoms in total. The second-order valence-electron chi connectivity index (χ2n) is 7.94. The Morgan fingerprint density at radius 1 is 1.00 bits per heavy atom. The first-order valence-electron chi connectivity index (χ1n) is 11.2. The molecule has 0 radical (unpaired) electrons. The van der Waals surface area contributed by atoms with Crippen LogP contribution in [-0.2, 0) is 32.5 Å². The number of aryl methyl sites for hydroxylation is 3. The first-order valence-corrected chi connectivity index (χ1v) is 11.2. The van der Waals surface area contributed by atoms with E-state index < -0.39 is 16.2 Å². The number of fused-ring (bicyclic) bond motifs is 1. The maximum atomic E-state index is 13.4. The van der Waals surface area contributed by atoms with Gasteiger partial charge in [-0.15, -0.1) is 0 Å². The van der Waals surface area contributed by atoms with Gasteiger partial charge < -0.3 is 4.57 Å². The van der Waals surface area contributed by atoms with Crippen LogP contribution in [0.15, 0.2) is 52.3 Å². The van der Waals surface area contributed by atoms with E-state index in [4.69, 9.17) is 0 Å². The molecule has 0 N–H and O–H groups in total. The Balaban J connectivity index is 1.85. The van der Waals surface area contributed by atoms with E-state index in [0.29, 0.717) is 37.3 Å². The number of rotatable bonds is 9. The average Bonchev–Trinajstić information content (AvgIpc) is 3.20. The molecule has 1 aromatic carbocycles. The number of aromatic nitrogens is 6. The quantitative estimate of drug-likeness (QED) is 0.275. The molecule has 34 heavy (non-hydrogen) atoms. The second kappa shape index (κ2) is 9.77. The summed E-state index contributed by atoms with van der Waals surface area (Å²) < 4.78 is 4.67. The van der Waals surface area contributed by atoms with Crippen LogP contribution < -0.4 is 11.2 Å². The van der Waals surface area contributed by atoms with Crippen LogP contribution in [0.2, 0.25) is 0 Å². The summed E-state index contributed by atoms with van der Waals surface area (Å²) in [5.41, 5.74) is 1.51. The smallest absolute Gasteiger partial charge is 0.314 e. The molecule has 0 spiro atoms. The summed E-state index contributed by atoms with van der Waals surface area (Å²) >= 11 is 0. The Labute approximate surface area is 194 Å². The summed E-state index contributed by atoms with van der Waals surface area (Å²) in [5.74, 6) is 0.653. The molecule has 0 unspecified atom stereocenters. The zero-order chi connectivity index (χ0) is 24.2. The molecule has 0 aliphatic rings. The highest BCUT2D eigenvalue weighted by Crippen LogP contribution is 2.18. The van der Waals surface area contributed by atoms with Gasteiger partial charge in [0.2, 0.25) is 0 Å². The number of hydrogen-bond acceptors (Lipinski definition) is 7. The van der Waals surface area contributed by atoms with Crippen LogP contribution in [0.1, 0.15) is 37.2 Å². The van der Waals surface area contributed by atoms with Gasteiger partial charge in [-0.1, -0.05) is 19.1 Å². The summed E-state index contributed by atoms with van der Waals surface area (Å²) in [6.07, 6.45) is 4.68. The van der Waals surface area contributed by atoms with E-state index in [0.717, 1.165) is 11.1 Å². The van der Waals surface area contributed by atoms with Crippen LogP contribution in [-0.4, -0.2) is 33.8 Å². The highest BCUT2D eigenvalue weighted by molar-refractivity contribution is 5.71. The molecule has 176 valence electrons. The molecule has 4 rings (SSSR count). The fraction of sp³-hybridized carbons (Fsp3) is 0.348. The minimum absolute atomic E-state index is 0.00204. The van der Waals surface area contributed by atoms with Crippen LogP contribution in [0.5, 0.6) is 0 Å². The van der Waals surface area contributed by atoms with Gasteiger partial charge in [0, 0.05) is 44.4 Å². The molecule has 0 aliphatic heterocycles. The van der Waals surface area contributed by atoms with Gasteiger partial charge in [-0.2, -0.15) is 10.2 Å². The van der Waals surface area contributed by atoms with Crippen LogP contribution in [0.4, 0.5) is 5.69 Å². The topological polar surface area (TPSA) is 131 Å². The standard InChI is InChI=1S/C23H25N7O4/c1-3-11-29-22(31)20-21(27(4-2)19(26-20)14-17-8-10-24-25-15-17)28(23(29)32)12-9-16-6-5-7-18(13-16)30(33)34/h5-8,10,13,15H,3-4,9,11-12,14H2,1-2H3. The summed E-state index contributed by atoms with van der Waals surface area (Å²) in [6.45, 7) is 4.88. The second-order valence-corrected chi connectivity index (χ2v) is 7.94. The SMILES string of the molecule is CCCn1c(=O)c2nc(Cc3ccnnc3)n(CC)c2n(CCc2cccc([N+](=O)[O-])c2)c1=O. The van der Waals surface area contributed by atoms with Crippen molar-refractivity contribution in [2.24, 2.45) is 0 Å². The highest BCUT2D eigenvalue weighted by atomic mass is 16.6. The molecule has 0 bridgehead atoms. The first-order chi connectivity index (χ1) is 16.4. The summed E-state index contributed by atoms with van der Waals surface area (Å²) in [5, 5.41) is 18.8. The lowest BCUT2D eigenvalue weighted by molar-refractivity contribution is -0.384. The Hall–Kier alpha value is -4.15. The van der Waals surface area contributed by atoms with Crippen molar-refractivity contribution in [2.75, 3.05) is 0 Å². The van der Waals surface area contributed by atoms with E-state index >= 15 is 0 Å². The predicted octanol–water partition coefficient (Wildman–Crippen LogP) is 2.32. The zero-order valence-corrected chi connectivity index (χ0v) is 19.0. The number of hydrogen-bond donors (Lipinski definition) is 0. The Bertz CT molecular complexity index is 1450. The third kappa shape index (κ3) is 4.36. The van der Waals surface area contributed by atoms with E-state index in [1.165, 1.54) is 16.7 Å². The van der Waals surface area contributed by atoms with E-state index in [1.807, 2.05) is 24.5 Å². The minimum atomic E-state index is -0.443. The monoisotopic (exact) mass is 463 g/mol. The van der Waals surface area contributed by atoms with Crippen LogP contribution in [0, 0.1) is 10.1 Å². The molecule has 0 aliphatic carbocycles. The van der Waals surface area contributed by atoms with Crippen LogP contribution in [0.3, 0.4) is 0 Å². The molecule has 3 heterocycles. The Kier molecular flexibility index (Phi) is 6.62. The number of nitro benzene ring substituents is 1. The van der Waals surface area contributed by atoms with E-state index in [-0.39, 0.29) is 24.3 Å². The average molecular weight is 463 g/mol. The predicted molar refractivity (Wildman–Crippen MR) is 126 cm³/mol. The van der Waals surface area contributed by atoms with Gasteiger partial charge in [0.15, 0.2) is 5.52 Å². The molecule has 0 saturated heterocycles. The molecule has 11 heteroatoms. The molecular formula is C23H25N7O4. The largest absolute Gasteiger partial charge is 0.332 e. The van der Waals surface area contributed by atoms with Gasteiger partial charge in [0.1, 0.15) is 11.5 Å². The third-order valence-electron chi connectivity index (χ3n) is 5.70. The van der Waals surface area contributed by atoms with Crippen LogP contribution >= 0.6 is 0 Å². The molecule has 4 aromatic rings. The van der Waals surface area contributed by atoms with E-state index in [1.54, 1.807) is 29.1 Å². The summed E-state index contributed by atoms with van der Waals surface area (Å²) in [4.78, 5) is 41.9. The minimum Gasteiger partial charge on any atom is -0.314 e. The van der Waals surface area contributed by atoms with E-state index in [2.05, 4.69) is 15.2 Å². The first kappa shape index (κ1) is 23.0. The van der Waals surface area contributed by atoms with Crippen molar-refractivity contribution in [3.05, 3.63) is 90.6 Å².